The van der Waals surface area contributed by atoms with Crippen molar-refractivity contribution in [1.82, 2.24) is 14.9 Å². The predicted octanol–water partition coefficient (Wildman–Crippen LogP) is 1.79. The molecule has 84 valence electrons. The fraction of sp³-hybridized carbons (Fsp3) is 0.273. The third-order valence-corrected chi connectivity index (χ3v) is 2.90. The number of halogens is 1. The number of fused-ring (bicyclic) bond motifs is 1. The van der Waals surface area contributed by atoms with Gasteiger partial charge >= 0.3 is 0 Å². The molecule has 1 N–H and O–H groups in total. The van der Waals surface area contributed by atoms with Crippen molar-refractivity contribution >= 4 is 22.5 Å². The molecule has 0 amide bonds. The largest absolute Gasteiger partial charge is 0.300 e. The summed E-state index contributed by atoms with van der Waals surface area (Å²) in [5.74, 6) is 0. The predicted molar refractivity (Wildman–Crippen MR) is 64.8 cm³/mol. The van der Waals surface area contributed by atoms with E-state index >= 15 is 0 Å². The van der Waals surface area contributed by atoms with Gasteiger partial charge in [0.05, 0.1) is 28.4 Å². The van der Waals surface area contributed by atoms with Gasteiger partial charge in [-0.05, 0) is 26.1 Å². The molecule has 0 saturated carbocycles. The van der Waals surface area contributed by atoms with Gasteiger partial charge in [0.25, 0.3) is 5.56 Å². The monoisotopic (exact) mass is 237 g/mol. The molecule has 16 heavy (non-hydrogen) atoms. The maximum absolute atomic E-state index is 12.1. The molecule has 1 unspecified atom stereocenters. The van der Waals surface area contributed by atoms with Crippen LogP contribution < -0.4 is 10.9 Å². The number of hydrogen-bond acceptors (Lipinski definition) is 3. The van der Waals surface area contributed by atoms with E-state index in [0.29, 0.717) is 15.9 Å². The Kier molecular flexibility index (Phi) is 2.94. The van der Waals surface area contributed by atoms with Gasteiger partial charge in [0, 0.05) is 0 Å². The van der Waals surface area contributed by atoms with Crippen LogP contribution in [0.3, 0.4) is 0 Å². The Bertz CT molecular complexity index is 579. The molecule has 2 aromatic rings. The first kappa shape index (κ1) is 11.1. The molecular weight excluding hydrogens is 226 g/mol. The minimum Gasteiger partial charge on any atom is -0.300 e. The van der Waals surface area contributed by atoms with Gasteiger partial charge in [0.2, 0.25) is 0 Å². The smallest absolute Gasteiger partial charge is 0.262 e. The maximum atomic E-state index is 12.1. The Labute approximate surface area is 97.9 Å². The summed E-state index contributed by atoms with van der Waals surface area (Å²) in [7, 11) is 1.79. The van der Waals surface area contributed by atoms with Crippen molar-refractivity contribution in [3.63, 3.8) is 0 Å². The van der Waals surface area contributed by atoms with Crippen molar-refractivity contribution in [3.8, 4) is 0 Å². The second-order valence-electron chi connectivity index (χ2n) is 3.56. The average molecular weight is 238 g/mol. The number of para-hydroxylation sites is 1. The molecule has 0 spiro atoms. The van der Waals surface area contributed by atoms with E-state index in [-0.39, 0.29) is 11.7 Å². The van der Waals surface area contributed by atoms with Crippen molar-refractivity contribution in [2.45, 2.75) is 13.1 Å². The second-order valence-corrected chi connectivity index (χ2v) is 3.96. The molecule has 4 nitrogen and oxygen atoms in total. The van der Waals surface area contributed by atoms with Gasteiger partial charge in [0.1, 0.15) is 0 Å². The summed E-state index contributed by atoms with van der Waals surface area (Å²) in [5.41, 5.74) is 0.461. The standard InChI is InChI=1S/C11H12ClN3O/c1-7(13-2)15-6-14-10-8(11(15)16)4-3-5-9(10)12/h3-7,13H,1-2H3. The number of aromatic nitrogens is 2. The van der Waals surface area contributed by atoms with Crippen LogP contribution in [0, 0.1) is 0 Å². The van der Waals surface area contributed by atoms with E-state index in [4.69, 9.17) is 11.6 Å². The van der Waals surface area contributed by atoms with Crippen molar-refractivity contribution in [2.24, 2.45) is 0 Å². The molecule has 1 aromatic carbocycles. The third-order valence-electron chi connectivity index (χ3n) is 2.60. The number of nitrogens with one attached hydrogen (secondary N) is 1. The Morgan fingerprint density at radius 3 is 2.94 bits per heavy atom. The summed E-state index contributed by atoms with van der Waals surface area (Å²) in [6.07, 6.45) is 1.42. The lowest BCUT2D eigenvalue weighted by atomic mass is 10.2. The molecule has 1 heterocycles. The molecular formula is C11H12ClN3O. The second kappa shape index (κ2) is 4.23. The summed E-state index contributed by atoms with van der Waals surface area (Å²) < 4.78 is 1.54. The highest BCUT2D eigenvalue weighted by molar-refractivity contribution is 6.34. The number of hydrogen-bond donors (Lipinski definition) is 1. The fourth-order valence-electron chi connectivity index (χ4n) is 1.55. The molecule has 5 heteroatoms. The molecule has 0 aliphatic carbocycles. The minimum atomic E-state index is -0.0941. The van der Waals surface area contributed by atoms with Crippen LogP contribution in [0.25, 0.3) is 10.9 Å². The number of benzene rings is 1. The molecule has 0 aliphatic heterocycles. The van der Waals surface area contributed by atoms with E-state index in [1.165, 1.54) is 6.33 Å². The van der Waals surface area contributed by atoms with Gasteiger partial charge in [-0.3, -0.25) is 9.36 Å². The zero-order valence-corrected chi connectivity index (χ0v) is 9.82. The van der Waals surface area contributed by atoms with E-state index in [1.54, 1.807) is 29.8 Å². The summed E-state index contributed by atoms with van der Waals surface area (Å²) in [5, 5.41) is 4.03. The van der Waals surface area contributed by atoms with Crippen molar-refractivity contribution in [2.75, 3.05) is 7.05 Å². The maximum Gasteiger partial charge on any atom is 0.262 e. The van der Waals surface area contributed by atoms with Gasteiger partial charge in [0.15, 0.2) is 0 Å². The quantitative estimate of drug-likeness (QED) is 0.866. The van der Waals surface area contributed by atoms with Gasteiger partial charge in [-0.2, -0.15) is 0 Å². The lowest BCUT2D eigenvalue weighted by Gasteiger charge is -2.13. The van der Waals surface area contributed by atoms with Gasteiger partial charge in [-0.15, -0.1) is 0 Å². The number of rotatable bonds is 2. The van der Waals surface area contributed by atoms with Crippen molar-refractivity contribution < 1.29 is 0 Å². The molecule has 1 aromatic heterocycles. The molecule has 0 fully saturated rings. The van der Waals surface area contributed by atoms with Crippen LogP contribution in [0.1, 0.15) is 13.1 Å². The van der Waals surface area contributed by atoms with Gasteiger partial charge < -0.3 is 5.32 Å². The third kappa shape index (κ3) is 1.70. The van der Waals surface area contributed by atoms with Crippen LogP contribution in [-0.2, 0) is 0 Å². The average Bonchev–Trinajstić information content (AvgIpc) is 2.30. The zero-order chi connectivity index (χ0) is 11.7. The lowest BCUT2D eigenvalue weighted by molar-refractivity contribution is 0.460. The highest BCUT2D eigenvalue weighted by Crippen LogP contribution is 2.18. The van der Waals surface area contributed by atoms with Crippen LogP contribution in [0.4, 0.5) is 0 Å². The molecule has 0 radical (unpaired) electrons. The molecule has 2 rings (SSSR count). The first-order chi connectivity index (χ1) is 7.65. The number of nitrogens with zero attached hydrogens (tertiary/aromatic N) is 2. The first-order valence-electron chi connectivity index (χ1n) is 4.97. The van der Waals surface area contributed by atoms with Crippen LogP contribution >= 0.6 is 11.6 Å². The van der Waals surface area contributed by atoms with Crippen LogP contribution in [0.2, 0.25) is 5.02 Å². The Morgan fingerprint density at radius 2 is 2.25 bits per heavy atom. The Morgan fingerprint density at radius 1 is 1.50 bits per heavy atom. The van der Waals surface area contributed by atoms with Crippen LogP contribution in [0.5, 0.6) is 0 Å². The van der Waals surface area contributed by atoms with E-state index < -0.39 is 0 Å². The summed E-state index contributed by atoms with van der Waals surface area (Å²) in [6, 6.07) is 5.21. The van der Waals surface area contributed by atoms with E-state index in [1.807, 2.05) is 6.92 Å². The summed E-state index contributed by atoms with van der Waals surface area (Å²) in [4.78, 5) is 16.3. The van der Waals surface area contributed by atoms with Crippen LogP contribution in [-0.4, -0.2) is 16.6 Å². The summed E-state index contributed by atoms with van der Waals surface area (Å²) >= 11 is 5.97. The Hall–Kier alpha value is -1.39. The molecule has 0 saturated heterocycles. The summed E-state index contributed by atoms with van der Waals surface area (Å²) in [6.45, 7) is 1.89. The van der Waals surface area contributed by atoms with E-state index in [9.17, 15) is 4.79 Å². The zero-order valence-electron chi connectivity index (χ0n) is 9.07. The molecule has 1 atom stereocenters. The van der Waals surface area contributed by atoms with Gasteiger partial charge in [-0.25, -0.2) is 4.98 Å². The van der Waals surface area contributed by atoms with E-state index in [0.717, 1.165) is 0 Å². The first-order valence-corrected chi connectivity index (χ1v) is 5.35. The highest BCUT2D eigenvalue weighted by Gasteiger charge is 2.09. The minimum absolute atomic E-state index is 0.0886. The topological polar surface area (TPSA) is 46.9 Å². The normalized spacial score (nSPS) is 12.9. The SMILES string of the molecule is CNC(C)n1cnc2c(Cl)cccc2c1=O. The Balaban J connectivity index is 2.76. The van der Waals surface area contributed by atoms with Crippen molar-refractivity contribution in [1.29, 1.82) is 0 Å². The van der Waals surface area contributed by atoms with E-state index in [2.05, 4.69) is 10.3 Å². The van der Waals surface area contributed by atoms with Gasteiger partial charge in [-0.1, -0.05) is 17.7 Å². The lowest BCUT2D eigenvalue weighted by Crippen LogP contribution is -2.30. The van der Waals surface area contributed by atoms with Crippen molar-refractivity contribution in [3.05, 3.63) is 39.9 Å². The molecule has 0 bridgehead atoms. The highest BCUT2D eigenvalue weighted by atomic mass is 35.5. The molecule has 0 aliphatic rings. The fourth-order valence-corrected chi connectivity index (χ4v) is 1.77. The van der Waals surface area contributed by atoms with Crippen LogP contribution in [0.15, 0.2) is 29.3 Å².